The van der Waals surface area contributed by atoms with E-state index in [0.29, 0.717) is 12.0 Å². The van der Waals surface area contributed by atoms with Crippen LogP contribution in [0.15, 0.2) is 24.3 Å². The van der Waals surface area contributed by atoms with Gasteiger partial charge in [0.15, 0.2) is 0 Å². The second kappa shape index (κ2) is 4.62. The highest BCUT2D eigenvalue weighted by molar-refractivity contribution is 5.92. The molecule has 0 radical (unpaired) electrons. The summed E-state index contributed by atoms with van der Waals surface area (Å²) in [6.45, 7) is 0.167. The molecule has 0 fully saturated rings. The highest BCUT2D eigenvalue weighted by Gasteiger charge is 2.00. The van der Waals surface area contributed by atoms with Crippen LogP contribution < -0.4 is 5.73 Å². The summed E-state index contributed by atoms with van der Waals surface area (Å²) in [5.41, 5.74) is 6.68. The van der Waals surface area contributed by atoms with Crippen LogP contribution >= 0.6 is 0 Å². The molecule has 0 spiro atoms. The first-order valence-corrected chi connectivity index (χ1v) is 4.23. The van der Waals surface area contributed by atoms with Gasteiger partial charge >= 0.3 is 0 Å². The minimum absolute atomic E-state index is 0.167. The minimum atomic E-state index is -0.411. The van der Waals surface area contributed by atoms with Crippen molar-refractivity contribution >= 4 is 5.91 Å². The van der Waals surface area contributed by atoms with Crippen LogP contribution in [-0.2, 0) is 6.42 Å². The Morgan fingerprint density at radius 1 is 1.46 bits per heavy atom. The van der Waals surface area contributed by atoms with Crippen molar-refractivity contribution in [3.05, 3.63) is 35.4 Å². The summed E-state index contributed by atoms with van der Waals surface area (Å²) < 4.78 is 0. The highest BCUT2D eigenvalue weighted by atomic mass is 16.2. The third-order valence-electron chi connectivity index (χ3n) is 1.84. The van der Waals surface area contributed by atoms with Crippen molar-refractivity contribution in [1.29, 1.82) is 0 Å². The van der Waals surface area contributed by atoms with Crippen LogP contribution in [0.3, 0.4) is 0 Å². The SMILES string of the molecule is NC(=O)c1cccc(CCCO)c1. The molecule has 3 N–H and O–H groups in total. The van der Waals surface area contributed by atoms with Gasteiger partial charge in [-0.05, 0) is 30.5 Å². The largest absolute Gasteiger partial charge is 0.396 e. The molecule has 13 heavy (non-hydrogen) atoms. The van der Waals surface area contributed by atoms with E-state index in [1.807, 2.05) is 6.07 Å². The van der Waals surface area contributed by atoms with Gasteiger partial charge in [-0.1, -0.05) is 12.1 Å². The molecule has 0 atom stereocenters. The van der Waals surface area contributed by atoms with Crippen molar-refractivity contribution in [3.63, 3.8) is 0 Å². The number of aryl methyl sites for hydroxylation is 1. The molecule has 3 heteroatoms. The summed E-state index contributed by atoms with van der Waals surface area (Å²) in [7, 11) is 0. The van der Waals surface area contributed by atoms with Gasteiger partial charge in [0, 0.05) is 12.2 Å². The Labute approximate surface area is 77.2 Å². The van der Waals surface area contributed by atoms with Crippen LogP contribution in [-0.4, -0.2) is 17.6 Å². The number of amides is 1. The van der Waals surface area contributed by atoms with E-state index in [0.717, 1.165) is 12.0 Å². The maximum absolute atomic E-state index is 10.8. The van der Waals surface area contributed by atoms with Gasteiger partial charge in [0.2, 0.25) is 5.91 Å². The molecular weight excluding hydrogens is 166 g/mol. The number of carbonyl (C=O) groups excluding carboxylic acids is 1. The fraction of sp³-hybridized carbons (Fsp3) is 0.300. The van der Waals surface area contributed by atoms with Gasteiger partial charge in [0.25, 0.3) is 0 Å². The van der Waals surface area contributed by atoms with E-state index in [1.54, 1.807) is 18.2 Å². The number of hydrogen-bond acceptors (Lipinski definition) is 2. The lowest BCUT2D eigenvalue weighted by atomic mass is 10.1. The predicted molar refractivity (Wildman–Crippen MR) is 50.4 cm³/mol. The van der Waals surface area contributed by atoms with Gasteiger partial charge in [-0.25, -0.2) is 0 Å². The quantitative estimate of drug-likeness (QED) is 0.715. The van der Waals surface area contributed by atoms with Gasteiger partial charge in [0.05, 0.1) is 0 Å². The lowest BCUT2D eigenvalue weighted by molar-refractivity contribution is 0.1000. The summed E-state index contributed by atoms with van der Waals surface area (Å²) >= 11 is 0. The summed E-state index contributed by atoms with van der Waals surface area (Å²) in [5.74, 6) is -0.411. The maximum Gasteiger partial charge on any atom is 0.248 e. The highest BCUT2D eigenvalue weighted by Crippen LogP contribution is 2.06. The first-order chi connectivity index (χ1) is 6.24. The smallest absolute Gasteiger partial charge is 0.248 e. The average molecular weight is 179 g/mol. The van der Waals surface area contributed by atoms with Crippen molar-refractivity contribution < 1.29 is 9.90 Å². The van der Waals surface area contributed by atoms with Gasteiger partial charge in [0.1, 0.15) is 0 Å². The van der Waals surface area contributed by atoms with Gasteiger partial charge in [-0.3, -0.25) is 4.79 Å². The van der Waals surface area contributed by atoms with E-state index in [1.165, 1.54) is 0 Å². The van der Waals surface area contributed by atoms with Crippen molar-refractivity contribution in [2.24, 2.45) is 5.73 Å². The topological polar surface area (TPSA) is 63.3 Å². The second-order valence-electron chi connectivity index (χ2n) is 2.89. The number of carbonyl (C=O) groups is 1. The number of aliphatic hydroxyl groups is 1. The van der Waals surface area contributed by atoms with E-state index < -0.39 is 5.91 Å². The molecule has 0 aliphatic carbocycles. The first kappa shape index (κ1) is 9.74. The Morgan fingerprint density at radius 2 is 2.23 bits per heavy atom. The zero-order chi connectivity index (χ0) is 9.68. The molecule has 0 saturated heterocycles. The lowest BCUT2D eigenvalue weighted by Crippen LogP contribution is -2.11. The molecule has 0 aliphatic heterocycles. The Bertz CT molecular complexity index is 297. The van der Waals surface area contributed by atoms with Crippen LogP contribution in [0.4, 0.5) is 0 Å². The van der Waals surface area contributed by atoms with E-state index in [4.69, 9.17) is 10.8 Å². The zero-order valence-electron chi connectivity index (χ0n) is 7.36. The van der Waals surface area contributed by atoms with Crippen LogP contribution in [0.2, 0.25) is 0 Å². The molecule has 0 bridgehead atoms. The molecule has 70 valence electrons. The van der Waals surface area contributed by atoms with Crippen LogP contribution in [0.1, 0.15) is 22.3 Å². The monoisotopic (exact) mass is 179 g/mol. The summed E-state index contributed by atoms with van der Waals surface area (Å²) in [4.78, 5) is 10.8. The Balaban J connectivity index is 2.73. The fourth-order valence-corrected chi connectivity index (χ4v) is 1.16. The third-order valence-corrected chi connectivity index (χ3v) is 1.84. The number of hydrogen-bond donors (Lipinski definition) is 2. The zero-order valence-corrected chi connectivity index (χ0v) is 7.36. The number of rotatable bonds is 4. The predicted octanol–water partition coefficient (Wildman–Crippen LogP) is 0.710. The third kappa shape index (κ3) is 2.87. The minimum Gasteiger partial charge on any atom is -0.396 e. The molecule has 1 rings (SSSR count). The molecule has 0 aromatic heterocycles. The van der Waals surface area contributed by atoms with Gasteiger partial charge in [-0.15, -0.1) is 0 Å². The van der Waals surface area contributed by atoms with Gasteiger partial charge in [-0.2, -0.15) is 0 Å². The molecule has 1 amide bonds. The lowest BCUT2D eigenvalue weighted by Gasteiger charge is -2.00. The normalized spacial score (nSPS) is 9.92. The molecule has 0 unspecified atom stereocenters. The molecular formula is C10H13NO2. The average Bonchev–Trinajstić information content (AvgIpc) is 2.15. The van der Waals surface area contributed by atoms with Crippen molar-refractivity contribution in [3.8, 4) is 0 Å². The van der Waals surface area contributed by atoms with E-state index in [2.05, 4.69) is 0 Å². The molecule has 3 nitrogen and oxygen atoms in total. The Hall–Kier alpha value is -1.35. The first-order valence-electron chi connectivity index (χ1n) is 4.23. The fourth-order valence-electron chi connectivity index (χ4n) is 1.16. The molecule has 0 heterocycles. The van der Waals surface area contributed by atoms with Crippen LogP contribution in [0, 0.1) is 0 Å². The number of benzene rings is 1. The van der Waals surface area contributed by atoms with Crippen molar-refractivity contribution in [1.82, 2.24) is 0 Å². The maximum atomic E-state index is 10.8. The number of primary amides is 1. The number of nitrogens with two attached hydrogens (primary N) is 1. The van der Waals surface area contributed by atoms with Crippen LogP contribution in [0.25, 0.3) is 0 Å². The summed E-state index contributed by atoms with van der Waals surface area (Å²) in [6.07, 6.45) is 1.49. The summed E-state index contributed by atoms with van der Waals surface area (Å²) in [5, 5.41) is 8.61. The van der Waals surface area contributed by atoms with E-state index in [9.17, 15) is 4.79 Å². The summed E-state index contributed by atoms with van der Waals surface area (Å²) in [6, 6.07) is 7.16. The van der Waals surface area contributed by atoms with Crippen molar-refractivity contribution in [2.45, 2.75) is 12.8 Å². The van der Waals surface area contributed by atoms with Crippen LogP contribution in [0.5, 0.6) is 0 Å². The van der Waals surface area contributed by atoms with Crippen molar-refractivity contribution in [2.75, 3.05) is 6.61 Å². The molecule has 1 aromatic rings. The van der Waals surface area contributed by atoms with E-state index >= 15 is 0 Å². The van der Waals surface area contributed by atoms with Gasteiger partial charge < -0.3 is 10.8 Å². The Morgan fingerprint density at radius 3 is 2.85 bits per heavy atom. The Kier molecular flexibility index (Phi) is 3.46. The molecule has 0 aliphatic rings. The van der Waals surface area contributed by atoms with E-state index in [-0.39, 0.29) is 6.61 Å². The number of aliphatic hydroxyl groups excluding tert-OH is 1. The standard InChI is InChI=1S/C10H13NO2/c11-10(13)9-5-1-3-8(7-9)4-2-6-12/h1,3,5,7,12H,2,4,6H2,(H2,11,13). The molecule has 0 saturated carbocycles. The molecule has 1 aromatic carbocycles. The second-order valence-corrected chi connectivity index (χ2v) is 2.89.